The van der Waals surface area contributed by atoms with Crippen LogP contribution in [0.2, 0.25) is 0 Å². The molecule has 0 spiro atoms. The molecule has 0 bridgehead atoms. The van der Waals surface area contributed by atoms with Gasteiger partial charge in [-0.15, -0.1) is 0 Å². The first-order valence-corrected chi connectivity index (χ1v) is 9.60. The van der Waals surface area contributed by atoms with Crippen LogP contribution in [0.1, 0.15) is 0 Å². The van der Waals surface area contributed by atoms with E-state index in [1.165, 1.54) is 26.0 Å². The first-order valence-electron chi connectivity index (χ1n) is 8.61. The van der Waals surface area contributed by atoms with Gasteiger partial charge in [0.05, 0.1) is 31.4 Å². The van der Waals surface area contributed by atoms with Gasteiger partial charge in [-0.25, -0.2) is 4.98 Å². The van der Waals surface area contributed by atoms with Crippen LogP contribution >= 0.6 is 11.8 Å². The molecule has 0 aliphatic carbocycles. The highest BCUT2D eigenvalue weighted by molar-refractivity contribution is 7.99. The number of thioether (sulfide) groups is 1. The number of hydrogen-bond donors (Lipinski definition) is 0. The largest absolute Gasteiger partial charge is 0.468 e. The van der Waals surface area contributed by atoms with Crippen molar-refractivity contribution in [2.24, 2.45) is 0 Å². The topological polar surface area (TPSA) is 70.4 Å². The number of methoxy groups -OCH3 is 2. The normalized spacial score (nSPS) is 10.5. The van der Waals surface area contributed by atoms with E-state index in [9.17, 15) is 9.59 Å². The van der Waals surface area contributed by atoms with Gasteiger partial charge in [-0.1, -0.05) is 72.4 Å². The number of ether oxygens (including phenoxy) is 2. The SMILES string of the molecule is COC(=O)CSc1nc(-c2ccccc2)c(-c2ccccc2)n1CC(=O)OC. The number of esters is 2. The summed E-state index contributed by atoms with van der Waals surface area (Å²) in [6.45, 7) is -0.00985. The second kappa shape index (κ2) is 9.23. The monoisotopic (exact) mass is 396 g/mol. The minimum atomic E-state index is -0.394. The summed E-state index contributed by atoms with van der Waals surface area (Å²) in [5.41, 5.74) is 3.38. The second-order valence-corrected chi connectivity index (χ2v) is 6.79. The fraction of sp³-hybridized carbons (Fsp3) is 0.190. The molecule has 7 heteroatoms. The Morgan fingerprint density at radius 3 is 2.04 bits per heavy atom. The summed E-state index contributed by atoms with van der Waals surface area (Å²) in [7, 11) is 2.69. The van der Waals surface area contributed by atoms with E-state index < -0.39 is 5.97 Å². The number of carbonyl (C=O) groups excluding carboxylic acids is 2. The van der Waals surface area contributed by atoms with Gasteiger partial charge in [0, 0.05) is 11.1 Å². The van der Waals surface area contributed by atoms with Crippen molar-refractivity contribution in [2.45, 2.75) is 11.7 Å². The van der Waals surface area contributed by atoms with Crippen LogP contribution in [0.4, 0.5) is 0 Å². The van der Waals surface area contributed by atoms with Crippen LogP contribution in [-0.2, 0) is 25.6 Å². The van der Waals surface area contributed by atoms with E-state index in [2.05, 4.69) is 0 Å². The lowest BCUT2D eigenvalue weighted by atomic mass is 10.0. The molecule has 0 saturated carbocycles. The van der Waals surface area contributed by atoms with E-state index >= 15 is 0 Å². The zero-order valence-electron chi connectivity index (χ0n) is 15.6. The standard InChI is InChI=1S/C21H20N2O4S/c1-26-17(24)13-23-20(16-11-7-4-8-12-16)19(15-9-5-3-6-10-15)22-21(23)28-14-18(25)27-2/h3-12H,13-14H2,1-2H3. The highest BCUT2D eigenvalue weighted by Crippen LogP contribution is 2.36. The van der Waals surface area contributed by atoms with Crippen LogP contribution in [0.5, 0.6) is 0 Å². The van der Waals surface area contributed by atoms with Crippen LogP contribution in [0.15, 0.2) is 65.8 Å². The summed E-state index contributed by atoms with van der Waals surface area (Å²) in [5.74, 6) is -0.661. The van der Waals surface area contributed by atoms with E-state index in [1.54, 1.807) is 4.57 Å². The molecule has 0 unspecified atom stereocenters. The van der Waals surface area contributed by atoms with Crippen LogP contribution in [0, 0.1) is 0 Å². The average molecular weight is 396 g/mol. The maximum atomic E-state index is 12.1. The van der Waals surface area contributed by atoms with E-state index in [4.69, 9.17) is 14.5 Å². The van der Waals surface area contributed by atoms with Gasteiger partial charge in [-0.3, -0.25) is 9.59 Å². The molecule has 6 nitrogen and oxygen atoms in total. The van der Waals surface area contributed by atoms with Gasteiger partial charge in [0.25, 0.3) is 0 Å². The number of hydrogen-bond acceptors (Lipinski definition) is 6. The summed E-state index contributed by atoms with van der Waals surface area (Å²) in [5, 5.41) is 0.550. The molecule has 0 saturated heterocycles. The Morgan fingerprint density at radius 2 is 1.46 bits per heavy atom. The van der Waals surface area contributed by atoms with E-state index in [1.807, 2.05) is 60.7 Å². The van der Waals surface area contributed by atoms with Gasteiger partial charge in [0.1, 0.15) is 6.54 Å². The minimum absolute atomic E-state index is 0.00985. The Morgan fingerprint density at radius 1 is 0.893 bits per heavy atom. The maximum absolute atomic E-state index is 12.1. The Hall–Kier alpha value is -3.06. The molecule has 28 heavy (non-hydrogen) atoms. The van der Waals surface area contributed by atoms with Crippen LogP contribution in [0.25, 0.3) is 22.5 Å². The van der Waals surface area contributed by atoms with Crippen molar-refractivity contribution in [3.63, 3.8) is 0 Å². The van der Waals surface area contributed by atoms with Crippen molar-refractivity contribution in [1.29, 1.82) is 0 Å². The third-order valence-electron chi connectivity index (χ3n) is 4.09. The fourth-order valence-electron chi connectivity index (χ4n) is 2.75. The van der Waals surface area contributed by atoms with E-state index in [0.717, 1.165) is 22.5 Å². The van der Waals surface area contributed by atoms with E-state index in [0.29, 0.717) is 5.16 Å². The number of benzene rings is 2. The Balaban J connectivity index is 2.17. The first kappa shape index (κ1) is 19.7. The van der Waals surface area contributed by atoms with Crippen molar-refractivity contribution in [3.8, 4) is 22.5 Å². The number of rotatable bonds is 7. The molecule has 0 N–H and O–H groups in total. The maximum Gasteiger partial charge on any atom is 0.325 e. The third-order valence-corrected chi connectivity index (χ3v) is 5.04. The minimum Gasteiger partial charge on any atom is -0.468 e. The quantitative estimate of drug-likeness (QED) is 0.448. The molecule has 1 aromatic heterocycles. The Bertz CT molecular complexity index is 955. The molecule has 0 aliphatic rings. The molecule has 144 valence electrons. The molecule has 0 atom stereocenters. The number of imidazole rings is 1. The number of nitrogens with zero attached hydrogens (tertiary/aromatic N) is 2. The molecule has 3 aromatic rings. The van der Waals surface area contributed by atoms with Crippen LogP contribution < -0.4 is 0 Å². The van der Waals surface area contributed by atoms with Gasteiger partial charge >= 0.3 is 11.9 Å². The summed E-state index contributed by atoms with van der Waals surface area (Å²) in [6, 6.07) is 19.5. The highest BCUT2D eigenvalue weighted by Gasteiger charge is 2.22. The number of carbonyl (C=O) groups is 2. The molecule has 2 aromatic carbocycles. The molecule has 0 aliphatic heterocycles. The van der Waals surface area contributed by atoms with Crippen molar-refractivity contribution in [3.05, 3.63) is 60.7 Å². The van der Waals surface area contributed by atoms with Crippen molar-refractivity contribution < 1.29 is 19.1 Å². The highest BCUT2D eigenvalue weighted by atomic mass is 32.2. The first-order chi connectivity index (χ1) is 13.6. The molecule has 0 radical (unpaired) electrons. The molecule has 0 amide bonds. The molecule has 1 heterocycles. The lowest BCUT2D eigenvalue weighted by molar-refractivity contribution is -0.141. The van der Waals surface area contributed by atoms with Gasteiger partial charge in [-0.2, -0.15) is 0 Å². The fourth-order valence-corrected chi connectivity index (χ4v) is 3.58. The Labute approximate surface area is 167 Å². The number of aromatic nitrogens is 2. The van der Waals surface area contributed by atoms with Crippen LogP contribution in [-0.4, -0.2) is 41.5 Å². The third kappa shape index (κ3) is 4.43. The second-order valence-electron chi connectivity index (χ2n) is 5.85. The Kier molecular flexibility index (Phi) is 6.49. The van der Waals surface area contributed by atoms with Gasteiger partial charge in [0.2, 0.25) is 0 Å². The zero-order valence-corrected chi connectivity index (χ0v) is 16.4. The van der Waals surface area contributed by atoms with Crippen molar-refractivity contribution >= 4 is 23.7 Å². The van der Waals surface area contributed by atoms with Gasteiger partial charge in [-0.05, 0) is 0 Å². The summed E-state index contributed by atoms with van der Waals surface area (Å²) >= 11 is 1.23. The van der Waals surface area contributed by atoms with Crippen molar-refractivity contribution in [1.82, 2.24) is 9.55 Å². The van der Waals surface area contributed by atoms with E-state index in [-0.39, 0.29) is 18.3 Å². The van der Waals surface area contributed by atoms with Crippen LogP contribution in [0.3, 0.4) is 0 Å². The lowest BCUT2D eigenvalue weighted by Gasteiger charge is -2.11. The van der Waals surface area contributed by atoms with Gasteiger partial charge in [0.15, 0.2) is 5.16 Å². The lowest BCUT2D eigenvalue weighted by Crippen LogP contribution is -2.14. The summed E-state index contributed by atoms with van der Waals surface area (Å²) in [6.07, 6.45) is 0. The smallest absolute Gasteiger partial charge is 0.325 e. The van der Waals surface area contributed by atoms with Crippen molar-refractivity contribution in [2.75, 3.05) is 20.0 Å². The zero-order chi connectivity index (χ0) is 19.9. The summed E-state index contributed by atoms with van der Waals surface area (Å²) < 4.78 is 11.4. The predicted molar refractivity (Wildman–Crippen MR) is 108 cm³/mol. The summed E-state index contributed by atoms with van der Waals surface area (Å²) in [4.78, 5) is 28.5. The van der Waals surface area contributed by atoms with Gasteiger partial charge < -0.3 is 14.0 Å². The molecule has 0 fully saturated rings. The predicted octanol–water partition coefficient (Wildman–Crippen LogP) is 3.66. The molecular weight excluding hydrogens is 376 g/mol. The molecule has 3 rings (SSSR count). The average Bonchev–Trinajstić information content (AvgIpc) is 3.11. The molecular formula is C21H20N2O4S.